The number of fused-ring (bicyclic) bond motifs is 1. The van der Waals surface area contributed by atoms with Crippen LogP contribution in [0.15, 0.2) is 35.4 Å². The van der Waals surface area contributed by atoms with Gasteiger partial charge < -0.3 is 9.64 Å². The Balaban J connectivity index is 1.80. The second kappa shape index (κ2) is 7.97. The van der Waals surface area contributed by atoms with Crippen molar-refractivity contribution in [1.82, 2.24) is 14.2 Å². The molecule has 1 fully saturated rings. The number of carbonyl (C=O) groups is 1. The van der Waals surface area contributed by atoms with Gasteiger partial charge in [0.15, 0.2) is 0 Å². The van der Waals surface area contributed by atoms with Gasteiger partial charge >= 0.3 is 6.09 Å². The molecule has 0 bridgehead atoms. The Bertz CT molecular complexity index is 1070. The van der Waals surface area contributed by atoms with Crippen LogP contribution in [0.1, 0.15) is 32.9 Å². The molecule has 1 aromatic heterocycles. The molecule has 0 spiro atoms. The Hall–Kier alpha value is -2.70. The van der Waals surface area contributed by atoms with Crippen LogP contribution in [-0.4, -0.2) is 60.5 Å². The normalized spacial score (nSPS) is 16.3. The van der Waals surface area contributed by atoms with Gasteiger partial charge in [0.1, 0.15) is 17.4 Å². The molecule has 1 aliphatic rings. The van der Waals surface area contributed by atoms with Gasteiger partial charge in [-0.1, -0.05) is 6.07 Å². The molecule has 3 rings (SSSR count). The topological polar surface area (TPSA) is 104 Å². The van der Waals surface area contributed by atoms with Crippen molar-refractivity contribution in [2.45, 2.75) is 37.7 Å². The van der Waals surface area contributed by atoms with Gasteiger partial charge in [-0.15, -0.1) is 0 Å². The third kappa shape index (κ3) is 4.66. The number of pyridine rings is 1. The maximum atomic E-state index is 13.2. The largest absolute Gasteiger partial charge is 0.444 e. The van der Waals surface area contributed by atoms with Crippen LogP contribution in [0.3, 0.4) is 0 Å². The second-order valence-electron chi connectivity index (χ2n) is 7.88. The fraction of sp³-hybridized carbons (Fsp3) is 0.450. The van der Waals surface area contributed by atoms with Crippen molar-refractivity contribution in [2.75, 3.05) is 26.2 Å². The van der Waals surface area contributed by atoms with Crippen molar-refractivity contribution in [2.24, 2.45) is 0 Å². The number of nitriles is 1. The van der Waals surface area contributed by atoms with Crippen molar-refractivity contribution in [3.8, 4) is 6.07 Å². The molecule has 1 saturated heterocycles. The van der Waals surface area contributed by atoms with Crippen LogP contribution in [0.25, 0.3) is 10.8 Å². The highest BCUT2D eigenvalue weighted by Gasteiger charge is 2.30. The zero-order valence-electron chi connectivity index (χ0n) is 16.8. The van der Waals surface area contributed by atoms with E-state index in [1.165, 1.54) is 16.6 Å². The lowest BCUT2D eigenvalue weighted by Gasteiger charge is -2.26. The summed E-state index contributed by atoms with van der Waals surface area (Å²) < 4.78 is 33.1. The maximum Gasteiger partial charge on any atom is 0.410 e. The summed E-state index contributed by atoms with van der Waals surface area (Å²) >= 11 is 0. The monoisotopic (exact) mass is 416 g/mol. The van der Waals surface area contributed by atoms with Crippen LogP contribution in [0, 0.1) is 11.3 Å². The minimum atomic E-state index is -3.73. The van der Waals surface area contributed by atoms with E-state index < -0.39 is 21.7 Å². The number of amides is 1. The van der Waals surface area contributed by atoms with Gasteiger partial charge in [0.2, 0.25) is 10.0 Å². The molecule has 0 radical (unpaired) electrons. The van der Waals surface area contributed by atoms with E-state index >= 15 is 0 Å². The number of rotatable bonds is 2. The summed E-state index contributed by atoms with van der Waals surface area (Å²) in [7, 11) is -3.73. The number of carbonyl (C=O) groups excluding carboxylic acids is 1. The molecule has 2 aromatic rings. The van der Waals surface area contributed by atoms with Gasteiger partial charge in [-0.25, -0.2) is 18.2 Å². The Labute approximate surface area is 170 Å². The van der Waals surface area contributed by atoms with Crippen LogP contribution in [0.5, 0.6) is 0 Å². The first-order valence-corrected chi connectivity index (χ1v) is 10.8. The van der Waals surface area contributed by atoms with Gasteiger partial charge in [0.25, 0.3) is 0 Å². The lowest BCUT2D eigenvalue weighted by molar-refractivity contribution is 0.0260. The first-order chi connectivity index (χ1) is 13.6. The van der Waals surface area contributed by atoms with Crippen molar-refractivity contribution in [1.29, 1.82) is 5.26 Å². The molecule has 1 amide bonds. The maximum absolute atomic E-state index is 13.2. The predicted molar refractivity (Wildman–Crippen MR) is 108 cm³/mol. The van der Waals surface area contributed by atoms with Crippen molar-refractivity contribution in [3.63, 3.8) is 0 Å². The third-order valence-corrected chi connectivity index (χ3v) is 6.48. The standard InChI is InChI=1S/C20H24N4O4S/c1-20(2,3)28-19(25)23-9-4-10-24(12-11-23)29(26,27)16-5-6-17-15(13-16)7-8-22-18(17)14-21/h5-8,13H,4,9-12H2,1-3H3. The molecule has 0 atom stereocenters. The van der Waals surface area contributed by atoms with E-state index in [-0.39, 0.29) is 23.7 Å². The van der Waals surface area contributed by atoms with Crippen LogP contribution < -0.4 is 0 Å². The molecule has 154 valence electrons. The average molecular weight is 417 g/mol. The zero-order chi connectivity index (χ0) is 21.2. The van der Waals surface area contributed by atoms with Crippen LogP contribution >= 0.6 is 0 Å². The molecular weight excluding hydrogens is 392 g/mol. The molecule has 0 saturated carbocycles. The number of ether oxygens (including phenoxy) is 1. The number of hydrogen-bond donors (Lipinski definition) is 0. The predicted octanol–water partition coefficient (Wildman–Crippen LogP) is 2.74. The smallest absolute Gasteiger partial charge is 0.410 e. The summed E-state index contributed by atoms with van der Waals surface area (Å²) in [6, 6.07) is 8.36. The van der Waals surface area contributed by atoms with Gasteiger partial charge in [0.05, 0.1) is 4.90 Å². The Morgan fingerprint density at radius 2 is 1.93 bits per heavy atom. The van der Waals surface area contributed by atoms with E-state index in [4.69, 9.17) is 10.00 Å². The van der Waals surface area contributed by atoms with Crippen molar-refractivity contribution >= 4 is 26.9 Å². The lowest BCUT2D eigenvalue weighted by atomic mass is 10.1. The van der Waals surface area contributed by atoms with E-state index in [2.05, 4.69) is 4.98 Å². The molecular formula is C20H24N4O4S. The number of aromatic nitrogens is 1. The molecule has 9 heteroatoms. The minimum absolute atomic E-state index is 0.158. The molecule has 0 unspecified atom stereocenters. The summed E-state index contributed by atoms with van der Waals surface area (Å²) in [5, 5.41) is 10.4. The number of nitrogens with zero attached hydrogens (tertiary/aromatic N) is 4. The summed E-state index contributed by atoms with van der Waals surface area (Å²) in [5.74, 6) is 0. The fourth-order valence-corrected chi connectivity index (χ4v) is 4.70. The molecule has 1 aromatic carbocycles. The van der Waals surface area contributed by atoms with Gasteiger partial charge in [0, 0.05) is 37.8 Å². The van der Waals surface area contributed by atoms with Crippen molar-refractivity contribution < 1.29 is 17.9 Å². The summed E-state index contributed by atoms with van der Waals surface area (Å²) in [6.07, 6.45) is 1.58. The summed E-state index contributed by atoms with van der Waals surface area (Å²) in [4.78, 5) is 18.0. The molecule has 2 heterocycles. The van der Waals surface area contributed by atoms with Crippen LogP contribution in [0.4, 0.5) is 4.79 Å². The molecule has 0 N–H and O–H groups in total. The quantitative estimate of drug-likeness (QED) is 0.746. The second-order valence-corrected chi connectivity index (χ2v) is 9.82. The fourth-order valence-electron chi connectivity index (χ4n) is 3.20. The van der Waals surface area contributed by atoms with Crippen LogP contribution in [-0.2, 0) is 14.8 Å². The third-order valence-electron chi connectivity index (χ3n) is 4.59. The Morgan fingerprint density at radius 3 is 2.62 bits per heavy atom. The van der Waals surface area contributed by atoms with Gasteiger partial charge in [-0.3, -0.25) is 0 Å². The van der Waals surface area contributed by atoms with E-state index in [0.717, 1.165) is 0 Å². The molecule has 8 nitrogen and oxygen atoms in total. The van der Waals surface area contributed by atoms with E-state index in [1.54, 1.807) is 43.9 Å². The first-order valence-electron chi connectivity index (χ1n) is 9.39. The highest BCUT2D eigenvalue weighted by Crippen LogP contribution is 2.24. The van der Waals surface area contributed by atoms with Gasteiger partial charge in [-0.2, -0.15) is 9.57 Å². The number of sulfonamides is 1. The minimum Gasteiger partial charge on any atom is -0.444 e. The van der Waals surface area contributed by atoms with Gasteiger partial charge in [-0.05, 0) is 50.8 Å². The Kier molecular flexibility index (Phi) is 5.78. The van der Waals surface area contributed by atoms with E-state index in [9.17, 15) is 13.2 Å². The summed E-state index contributed by atoms with van der Waals surface area (Å²) in [6.45, 7) is 6.62. The van der Waals surface area contributed by atoms with Crippen molar-refractivity contribution in [3.05, 3.63) is 36.2 Å². The Morgan fingerprint density at radius 1 is 1.17 bits per heavy atom. The summed E-state index contributed by atoms with van der Waals surface area (Å²) in [5.41, 5.74) is -0.341. The van der Waals surface area contributed by atoms with E-state index in [1.807, 2.05) is 6.07 Å². The first kappa shape index (κ1) is 21.0. The molecule has 0 aliphatic carbocycles. The van der Waals surface area contributed by atoms with E-state index in [0.29, 0.717) is 30.3 Å². The SMILES string of the molecule is CC(C)(C)OC(=O)N1CCCN(S(=O)(=O)c2ccc3c(C#N)nccc3c2)CC1. The number of benzene rings is 1. The average Bonchev–Trinajstić information content (AvgIpc) is 2.92. The zero-order valence-corrected chi connectivity index (χ0v) is 17.6. The highest BCUT2D eigenvalue weighted by atomic mass is 32.2. The molecule has 1 aliphatic heterocycles. The van der Waals surface area contributed by atoms with Crippen LogP contribution in [0.2, 0.25) is 0 Å². The highest BCUT2D eigenvalue weighted by molar-refractivity contribution is 7.89. The number of hydrogen-bond acceptors (Lipinski definition) is 6. The molecule has 29 heavy (non-hydrogen) atoms. The lowest BCUT2D eigenvalue weighted by Crippen LogP contribution is -2.40.